The van der Waals surface area contributed by atoms with E-state index in [-0.39, 0.29) is 11.5 Å². The fraction of sp³-hybridized carbons (Fsp3) is 0.929. The first-order chi connectivity index (χ1) is 8.97. The third-order valence-corrected chi connectivity index (χ3v) is 4.85. The first-order valence-corrected chi connectivity index (χ1v) is 8.11. The molecule has 2 unspecified atom stereocenters. The maximum Gasteiger partial charge on any atom is 0.191 e. The minimum atomic E-state index is 0.127. The Morgan fingerprint density at radius 3 is 2.63 bits per heavy atom. The van der Waals surface area contributed by atoms with E-state index >= 15 is 0 Å². The number of hydrogen-bond acceptors (Lipinski definition) is 3. The van der Waals surface area contributed by atoms with Crippen LogP contribution in [0.5, 0.6) is 0 Å². The molecule has 2 atom stereocenters. The van der Waals surface area contributed by atoms with Crippen LogP contribution in [0.3, 0.4) is 0 Å². The van der Waals surface area contributed by atoms with Gasteiger partial charge in [-0.1, -0.05) is 20.8 Å². The van der Waals surface area contributed by atoms with E-state index in [9.17, 15) is 0 Å². The molecule has 4 nitrogen and oxygen atoms in total. The summed E-state index contributed by atoms with van der Waals surface area (Å²) < 4.78 is 5.54. The van der Waals surface area contributed by atoms with Gasteiger partial charge in [0.1, 0.15) is 0 Å². The van der Waals surface area contributed by atoms with Crippen molar-refractivity contribution in [1.82, 2.24) is 10.6 Å². The van der Waals surface area contributed by atoms with E-state index in [1.54, 1.807) is 7.11 Å². The summed E-state index contributed by atoms with van der Waals surface area (Å²) in [6, 6.07) is 0. The van der Waals surface area contributed by atoms with Crippen LogP contribution in [-0.2, 0) is 4.74 Å². The van der Waals surface area contributed by atoms with E-state index < -0.39 is 0 Å². The Morgan fingerprint density at radius 1 is 1.42 bits per heavy atom. The van der Waals surface area contributed by atoms with Gasteiger partial charge in [0.2, 0.25) is 0 Å². The molecule has 1 aliphatic rings. The zero-order chi connectivity index (χ0) is 14.3. The highest BCUT2D eigenvalue weighted by Crippen LogP contribution is 2.25. The summed E-state index contributed by atoms with van der Waals surface area (Å²) in [5, 5.41) is 7.50. The van der Waals surface area contributed by atoms with Gasteiger partial charge in [0.25, 0.3) is 0 Å². The van der Waals surface area contributed by atoms with Gasteiger partial charge in [-0.25, -0.2) is 0 Å². The SMILES string of the molecule is CN=C(NCC1CCCS1)NCC(OC)C(C)(C)C. The van der Waals surface area contributed by atoms with Crippen molar-refractivity contribution in [2.24, 2.45) is 10.4 Å². The number of guanidine groups is 1. The molecule has 1 heterocycles. The van der Waals surface area contributed by atoms with E-state index in [0.29, 0.717) is 0 Å². The van der Waals surface area contributed by atoms with Crippen LogP contribution in [-0.4, -0.2) is 50.3 Å². The lowest BCUT2D eigenvalue weighted by molar-refractivity contribution is 0.0205. The largest absolute Gasteiger partial charge is 0.379 e. The average molecular weight is 287 g/mol. The summed E-state index contributed by atoms with van der Waals surface area (Å²) in [6.45, 7) is 8.34. The Bertz CT molecular complexity index is 283. The average Bonchev–Trinajstić information content (AvgIpc) is 2.85. The molecule has 0 aromatic carbocycles. The lowest BCUT2D eigenvalue weighted by Crippen LogP contribution is -2.46. The normalized spacial score (nSPS) is 22.4. The molecule has 0 aromatic rings. The van der Waals surface area contributed by atoms with Gasteiger partial charge in [0.15, 0.2) is 5.96 Å². The van der Waals surface area contributed by atoms with E-state index in [2.05, 4.69) is 48.2 Å². The Hall–Kier alpha value is -0.420. The second-order valence-corrected chi connectivity index (χ2v) is 7.47. The van der Waals surface area contributed by atoms with Crippen molar-refractivity contribution in [3.63, 3.8) is 0 Å². The summed E-state index contributed by atoms with van der Waals surface area (Å²) in [6.07, 6.45) is 2.84. The number of rotatable bonds is 5. The van der Waals surface area contributed by atoms with Crippen molar-refractivity contribution in [1.29, 1.82) is 0 Å². The second kappa shape index (κ2) is 8.00. The zero-order valence-corrected chi connectivity index (χ0v) is 13.8. The number of hydrogen-bond donors (Lipinski definition) is 2. The van der Waals surface area contributed by atoms with Crippen LogP contribution in [0, 0.1) is 5.41 Å². The van der Waals surface area contributed by atoms with Crippen LogP contribution < -0.4 is 10.6 Å². The summed E-state index contributed by atoms with van der Waals surface area (Å²) in [5.74, 6) is 2.17. The van der Waals surface area contributed by atoms with Crippen molar-refractivity contribution in [3.8, 4) is 0 Å². The predicted octanol–water partition coefficient (Wildman–Crippen LogP) is 2.11. The standard InChI is InChI=1S/C14H29N3OS/c1-14(2,3)12(18-5)10-17-13(15-4)16-9-11-7-6-8-19-11/h11-12H,6-10H2,1-5H3,(H2,15,16,17). The fourth-order valence-electron chi connectivity index (χ4n) is 2.17. The third-order valence-electron chi connectivity index (χ3n) is 3.45. The molecule has 19 heavy (non-hydrogen) atoms. The third kappa shape index (κ3) is 6.04. The molecule has 0 radical (unpaired) electrons. The van der Waals surface area contributed by atoms with Crippen molar-refractivity contribution < 1.29 is 4.74 Å². The highest BCUT2D eigenvalue weighted by molar-refractivity contribution is 8.00. The Balaban J connectivity index is 2.31. The van der Waals surface area contributed by atoms with Crippen LogP contribution in [0.1, 0.15) is 33.6 Å². The van der Waals surface area contributed by atoms with Crippen molar-refractivity contribution in [2.75, 3.05) is 33.0 Å². The molecule has 1 fully saturated rings. The maximum absolute atomic E-state index is 5.54. The first-order valence-electron chi connectivity index (χ1n) is 7.06. The number of thioether (sulfide) groups is 1. The van der Waals surface area contributed by atoms with Crippen LogP contribution in [0.4, 0.5) is 0 Å². The summed E-state index contributed by atoms with van der Waals surface area (Å²) in [4.78, 5) is 4.27. The van der Waals surface area contributed by atoms with Crippen LogP contribution >= 0.6 is 11.8 Å². The molecule has 5 heteroatoms. The quantitative estimate of drug-likeness (QED) is 0.600. The number of nitrogens with zero attached hydrogens (tertiary/aromatic N) is 1. The van der Waals surface area contributed by atoms with E-state index in [1.165, 1.54) is 18.6 Å². The van der Waals surface area contributed by atoms with Crippen LogP contribution in [0.25, 0.3) is 0 Å². The Labute approximate surface area is 122 Å². The van der Waals surface area contributed by atoms with Crippen molar-refractivity contribution in [3.05, 3.63) is 0 Å². The molecule has 1 rings (SSSR count). The van der Waals surface area contributed by atoms with E-state index in [4.69, 9.17) is 4.74 Å². The summed E-state index contributed by atoms with van der Waals surface area (Å²) >= 11 is 2.06. The molecule has 112 valence electrons. The lowest BCUT2D eigenvalue weighted by Gasteiger charge is -2.30. The molecule has 0 bridgehead atoms. The maximum atomic E-state index is 5.54. The Kier molecular flexibility index (Phi) is 7.00. The molecule has 2 N–H and O–H groups in total. The smallest absolute Gasteiger partial charge is 0.191 e. The van der Waals surface area contributed by atoms with E-state index in [0.717, 1.165) is 24.3 Å². The molecule has 0 spiro atoms. The van der Waals surface area contributed by atoms with Gasteiger partial charge in [-0.2, -0.15) is 11.8 Å². The second-order valence-electron chi connectivity index (χ2n) is 6.06. The van der Waals surface area contributed by atoms with Crippen LogP contribution in [0.2, 0.25) is 0 Å². The topological polar surface area (TPSA) is 45.7 Å². The van der Waals surface area contributed by atoms with Crippen molar-refractivity contribution in [2.45, 2.75) is 45.0 Å². The number of nitrogens with one attached hydrogen (secondary N) is 2. The molecule has 0 aromatic heterocycles. The highest BCUT2D eigenvalue weighted by atomic mass is 32.2. The van der Waals surface area contributed by atoms with Gasteiger partial charge in [-0.3, -0.25) is 4.99 Å². The zero-order valence-electron chi connectivity index (χ0n) is 13.0. The number of aliphatic imine (C=N–C) groups is 1. The molecule has 0 saturated carbocycles. The van der Waals surface area contributed by atoms with Gasteiger partial charge in [0, 0.05) is 32.5 Å². The molecule has 0 amide bonds. The highest BCUT2D eigenvalue weighted by Gasteiger charge is 2.24. The predicted molar refractivity (Wildman–Crippen MR) is 85.1 cm³/mol. The number of ether oxygens (including phenoxy) is 1. The molecular weight excluding hydrogens is 258 g/mol. The minimum absolute atomic E-state index is 0.127. The van der Waals surface area contributed by atoms with Crippen molar-refractivity contribution >= 4 is 17.7 Å². The van der Waals surface area contributed by atoms with E-state index in [1.807, 2.05) is 7.05 Å². The summed E-state index contributed by atoms with van der Waals surface area (Å²) in [7, 11) is 3.58. The number of methoxy groups -OCH3 is 1. The molecule has 1 aliphatic heterocycles. The van der Waals surface area contributed by atoms with Gasteiger partial charge in [-0.05, 0) is 24.0 Å². The fourth-order valence-corrected chi connectivity index (χ4v) is 3.37. The van der Waals surface area contributed by atoms with Gasteiger partial charge in [-0.15, -0.1) is 0 Å². The molecule has 1 saturated heterocycles. The van der Waals surface area contributed by atoms with Gasteiger partial charge in [0.05, 0.1) is 6.10 Å². The summed E-state index contributed by atoms with van der Waals surface area (Å²) in [5.41, 5.74) is 0.127. The monoisotopic (exact) mass is 287 g/mol. The van der Waals surface area contributed by atoms with Crippen LogP contribution in [0.15, 0.2) is 4.99 Å². The van der Waals surface area contributed by atoms with Gasteiger partial charge < -0.3 is 15.4 Å². The minimum Gasteiger partial charge on any atom is -0.379 e. The molecule has 0 aliphatic carbocycles. The Morgan fingerprint density at radius 2 is 2.16 bits per heavy atom. The lowest BCUT2D eigenvalue weighted by atomic mass is 9.89. The molecular formula is C14H29N3OS. The first kappa shape index (κ1) is 16.6. The van der Waals surface area contributed by atoms with Gasteiger partial charge >= 0.3 is 0 Å².